The summed E-state index contributed by atoms with van der Waals surface area (Å²) in [5.74, 6) is 1.03. The normalized spacial score (nSPS) is 33.2. The van der Waals surface area contributed by atoms with E-state index in [2.05, 4.69) is 26.1 Å². The quantitative estimate of drug-likeness (QED) is 0.775. The second kappa shape index (κ2) is 4.62. The summed E-state index contributed by atoms with van der Waals surface area (Å²) in [6.45, 7) is 8.72. The van der Waals surface area contributed by atoms with Crippen LogP contribution in [0.1, 0.15) is 27.2 Å². The third-order valence-electron chi connectivity index (χ3n) is 3.53. The van der Waals surface area contributed by atoms with Gasteiger partial charge >= 0.3 is 6.09 Å². The van der Waals surface area contributed by atoms with Gasteiger partial charge in [0.1, 0.15) is 0 Å². The second-order valence-corrected chi connectivity index (χ2v) is 5.45. The molecule has 3 atom stereocenters. The van der Waals surface area contributed by atoms with E-state index < -0.39 is 0 Å². The van der Waals surface area contributed by atoms with Crippen molar-refractivity contribution in [2.24, 2.45) is 11.8 Å². The molecule has 2 heterocycles. The lowest BCUT2D eigenvalue weighted by Gasteiger charge is -2.27. The van der Waals surface area contributed by atoms with E-state index >= 15 is 0 Å². The Morgan fingerprint density at radius 1 is 1.50 bits per heavy atom. The second-order valence-electron chi connectivity index (χ2n) is 5.45. The van der Waals surface area contributed by atoms with Crippen molar-refractivity contribution in [3.63, 3.8) is 0 Å². The minimum absolute atomic E-state index is 0.127. The first-order chi connectivity index (χ1) is 7.59. The Balaban J connectivity index is 1.94. The Hall–Kier alpha value is -0.770. The number of amides is 1. The van der Waals surface area contributed by atoms with Crippen LogP contribution in [0.3, 0.4) is 0 Å². The Labute approximate surface area is 97.3 Å². The van der Waals surface area contributed by atoms with Crippen LogP contribution < -0.4 is 5.32 Å². The summed E-state index contributed by atoms with van der Waals surface area (Å²) in [6, 6.07) is 0.687. The maximum atomic E-state index is 12.0. The van der Waals surface area contributed by atoms with Crippen molar-refractivity contribution in [3.8, 4) is 0 Å². The molecular weight excluding hydrogens is 204 g/mol. The molecule has 0 spiro atoms. The Morgan fingerprint density at radius 2 is 2.25 bits per heavy atom. The van der Waals surface area contributed by atoms with Crippen molar-refractivity contribution in [1.29, 1.82) is 0 Å². The Kier molecular flexibility index (Phi) is 3.38. The molecule has 0 saturated carbocycles. The van der Waals surface area contributed by atoms with Crippen molar-refractivity contribution in [3.05, 3.63) is 0 Å². The molecule has 2 saturated heterocycles. The van der Waals surface area contributed by atoms with Crippen molar-refractivity contribution >= 4 is 6.09 Å². The van der Waals surface area contributed by atoms with E-state index in [1.165, 1.54) is 0 Å². The summed E-state index contributed by atoms with van der Waals surface area (Å²) < 4.78 is 5.33. The van der Waals surface area contributed by atoms with E-state index in [1.807, 2.05) is 4.90 Å². The first kappa shape index (κ1) is 11.7. The number of rotatable bonds is 2. The molecule has 0 aromatic rings. The number of carbonyl (C=O) groups is 1. The predicted octanol–water partition coefficient (Wildman–Crippen LogP) is 1.46. The number of hydrogen-bond acceptors (Lipinski definition) is 3. The van der Waals surface area contributed by atoms with Crippen LogP contribution in [0.15, 0.2) is 0 Å². The molecule has 16 heavy (non-hydrogen) atoms. The first-order valence-corrected chi connectivity index (χ1v) is 6.25. The number of hydrogen-bond donors (Lipinski definition) is 1. The molecule has 2 rings (SSSR count). The maximum Gasteiger partial charge on any atom is 0.410 e. The van der Waals surface area contributed by atoms with Gasteiger partial charge in [0.2, 0.25) is 0 Å². The maximum absolute atomic E-state index is 12.0. The van der Waals surface area contributed by atoms with Crippen LogP contribution in [-0.4, -0.2) is 42.8 Å². The standard InChI is InChI=1S/C12H22N2O2/c1-8(2)7-16-12(15)14-9(3)4-10-5-13-6-11(10)14/h8-11,13H,4-7H2,1-3H3/t9-,10-,11+/m1/s1. The fraction of sp³-hybridized carbons (Fsp3) is 0.917. The zero-order valence-corrected chi connectivity index (χ0v) is 10.4. The van der Waals surface area contributed by atoms with Gasteiger partial charge in [-0.15, -0.1) is 0 Å². The molecular formula is C12H22N2O2. The molecule has 0 aromatic heterocycles. The lowest BCUT2D eigenvalue weighted by molar-refractivity contribution is 0.0778. The smallest absolute Gasteiger partial charge is 0.410 e. The highest BCUT2D eigenvalue weighted by atomic mass is 16.6. The fourth-order valence-corrected chi connectivity index (χ4v) is 2.79. The molecule has 92 valence electrons. The zero-order chi connectivity index (χ0) is 11.7. The third kappa shape index (κ3) is 2.17. The van der Waals surface area contributed by atoms with Gasteiger partial charge in [0.05, 0.1) is 12.6 Å². The van der Waals surface area contributed by atoms with Crippen LogP contribution in [0.25, 0.3) is 0 Å². The van der Waals surface area contributed by atoms with Gasteiger partial charge in [-0.1, -0.05) is 13.8 Å². The predicted molar refractivity (Wildman–Crippen MR) is 62.3 cm³/mol. The van der Waals surface area contributed by atoms with Crippen molar-refractivity contribution < 1.29 is 9.53 Å². The number of ether oxygens (including phenoxy) is 1. The molecule has 0 aliphatic carbocycles. The van der Waals surface area contributed by atoms with Gasteiger partial charge < -0.3 is 15.0 Å². The van der Waals surface area contributed by atoms with E-state index in [4.69, 9.17) is 4.74 Å². The molecule has 0 bridgehead atoms. The number of likely N-dealkylation sites (tertiary alicyclic amines) is 1. The Morgan fingerprint density at radius 3 is 2.94 bits per heavy atom. The van der Waals surface area contributed by atoms with Crippen molar-refractivity contribution in [1.82, 2.24) is 10.2 Å². The van der Waals surface area contributed by atoms with Gasteiger partial charge in [0, 0.05) is 19.1 Å². The molecule has 4 nitrogen and oxygen atoms in total. The van der Waals surface area contributed by atoms with Crippen molar-refractivity contribution in [2.45, 2.75) is 39.3 Å². The number of nitrogens with zero attached hydrogens (tertiary/aromatic N) is 1. The van der Waals surface area contributed by atoms with E-state index in [0.717, 1.165) is 19.5 Å². The molecule has 1 amide bonds. The largest absolute Gasteiger partial charge is 0.449 e. The van der Waals surface area contributed by atoms with Gasteiger partial charge in [0.25, 0.3) is 0 Å². The molecule has 2 aliphatic rings. The summed E-state index contributed by atoms with van der Waals surface area (Å²) in [5, 5.41) is 3.35. The minimum atomic E-state index is -0.127. The van der Waals surface area contributed by atoms with E-state index in [0.29, 0.717) is 30.5 Å². The highest BCUT2D eigenvalue weighted by molar-refractivity contribution is 5.69. The molecule has 0 aromatic carbocycles. The van der Waals surface area contributed by atoms with E-state index in [1.54, 1.807) is 0 Å². The van der Waals surface area contributed by atoms with Crippen LogP contribution in [0, 0.1) is 11.8 Å². The average molecular weight is 226 g/mol. The van der Waals surface area contributed by atoms with Crippen LogP contribution >= 0.6 is 0 Å². The van der Waals surface area contributed by atoms with E-state index in [-0.39, 0.29) is 6.09 Å². The Bertz CT molecular complexity index is 268. The van der Waals surface area contributed by atoms with Gasteiger partial charge in [-0.2, -0.15) is 0 Å². The summed E-state index contributed by atoms with van der Waals surface area (Å²) in [5.41, 5.74) is 0. The van der Waals surface area contributed by atoms with Crippen LogP contribution in [-0.2, 0) is 4.74 Å². The van der Waals surface area contributed by atoms with Crippen LogP contribution in [0.5, 0.6) is 0 Å². The molecule has 1 N–H and O–H groups in total. The van der Waals surface area contributed by atoms with Crippen molar-refractivity contribution in [2.75, 3.05) is 19.7 Å². The lowest BCUT2D eigenvalue weighted by Crippen LogP contribution is -2.43. The monoisotopic (exact) mass is 226 g/mol. The van der Waals surface area contributed by atoms with Gasteiger partial charge in [-0.05, 0) is 25.2 Å². The number of fused-ring (bicyclic) bond motifs is 1. The highest BCUT2D eigenvalue weighted by Crippen LogP contribution is 2.32. The highest BCUT2D eigenvalue weighted by Gasteiger charge is 2.44. The molecule has 2 aliphatic heterocycles. The minimum Gasteiger partial charge on any atom is -0.449 e. The number of nitrogens with one attached hydrogen (secondary N) is 1. The SMILES string of the molecule is CC(C)COC(=O)N1[C@H](C)C[C@@H]2CNC[C@@H]21. The topological polar surface area (TPSA) is 41.6 Å². The first-order valence-electron chi connectivity index (χ1n) is 6.25. The van der Waals surface area contributed by atoms with E-state index in [9.17, 15) is 4.79 Å². The summed E-state index contributed by atoms with van der Waals surface area (Å²) in [7, 11) is 0. The van der Waals surface area contributed by atoms with Gasteiger partial charge in [0.15, 0.2) is 0 Å². The molecule has 4 heteroatoms. The third-order valence-corrected chi connectivity index (χ3v) is 3.53. The zero-order valence-electron chi connectivity index (χ0n) is 10.4. The van der Waals surface area contributed by atoms with Crippen LogP contribution in [0.2, 0.25) is 0 Å². The van der Waals surface area contributed by atoms with Gasteiger partial charge in [-0.3, -0.25) is 0 Å². The van der Waals surface area contributed by atoms with Crippen LogP contribution in [0.4, 0.5) is 4.79 Å². The summed E-state index contributed by atoms with van der Waals surface area (Å²) >= 11 is 0. The summed E-state index contributed by atoms with van der Waals surface area (Å²) in [6.07, 6.45) is 0.978. The molecule has 0 radical (unpaired) electrons. The number of carbonyl (C=O) groups excluding carboxylic acids is 1. The summed E-state index contributed by atoms with van der Waals surface area (Å²) in [4.78, 5) is 13.9. The molecule has 2 fully saturated rings. The molecule has 0 unspecified atom stereocenters. The fourth-order valence-electron chi connectivity index (χ4n) is 2.79. The average Bonchev–Trinajstić information content (AvgIpc) is 2.73. The van der Waals surface area contributed by atoms with Gasteiger partial charge in [-0.25, -0.2) is 4.79 Å². The lowest BCUT2D eigenvalue weighted by atomic mass is 10.0.